The summed E-state index contributed by atoms with van der Waals surface area (Å²) < 4.78 is 47.9. The van der Waals surface area contributed by atoms with Crippen molar-refractivity contribution >= 4 is 0 Å². The van der Waals surface area contributed by atoms with Crippen LogP contribution < -0.4 is 0 Å². The van der Waals surface area contributed by atoms with Crippen LogP contribution in [0.1, 0.15) is 54.4 Å². The van der Waals surface area contributed by atoms with Crippen LogP contribution in [-0.2, 0) is 0 Å². The third-order valence-electron chi connectivity index (χ3n) is 1.53. The lowest BCUT2D eigenvalue weighted by molar-refractivity contribution is 0.000116. The Morgan fingerprint density at radius 3 is 0.875 bits per heavy atom. The maximum absolute atomic E-state index is 12.0. The van der Waals surface area contributed by atoms with E-state index in [9.17, 15) is 17.6 Å². The standard InChI is InChI=1S/2C6H12F2/c2*1-5(2)4-6(3,7)8/h2*5H,4H2,1-3H3. The smallest absolute Gasteiger partial charge is 0.207 e. The molecule has 0 aromatic rings. The highest BCUT2D eigenvalue weighted by molar-refractivity contribution is 4.60. The van der Waals surface area contributed by atoms with Crippen LogP contribution in [0, 0.1) is 11.8 Å². The second-order valence-electron chi connectivity index (χ2n) is 5.34. The third kappa shape index (κ3) is 23.5. The highest BCUT2D eigenvalue weighted by Crippen LogP contribution is 2.21. The molecular formula is C12H24F4. The molecule has 0 rings (SSSR count). The molecule has 0 atom stereocenters. The lowest BCUT2D eigenvalue weighted by Gasteiger charge is -2.11. The second-order valence-corrected chi connectivity index (χ2v) is 5.34. The third-order valence-corrected chi connectivity index (χ3v) is 1.53. The Kier molecular flexibility index (Phi) is 8.06. The zero-order chi connectivity index (χ0) is 13.6. The van der Waals surface area contributed by atoms with Crippen LogP contribution in [0.2, 0.25) is 0 Å². The number of hydrogen-bond acceptors (Lipinski definition) is 0. The molecule has 0 spiro atoms. The first-order valence-corrected chi connectivity index (χ1v) is 5.59. The highest BCUT2D eigenvalue weighted by atomic mass is 19.3. The van der Waals surface area contributed by atoms with E-state index in [0.29, 0.717) is 0 Å². The number of alkyl halides is 4. The molecule has 0 nitrogen and oxygen atoms in total. The summed E-state index contributed by atoms with van der Waals surface area (Å²) in [6.45, 7) is 9.06. The summed E-state index contributed by atoms with van der Waals surface area (Å²) in [5, 5.41) is 0. The van der Waals surface area contributed by atoms with Crippen molar-refractivity contribution in [1.82, 2.24) is 0 Å². The van der Waals surface area contributed by atoms with Gasteiger partial charge in [0.25, 0.3) is 0 Å². The molecule has 0 aromatic heterocycles. The second kappa shape index (κ2) is 7.13. The Morgan fingerprint density at radius 1 is 0.688 bits per heavy atom. The molecule has 0 amide bonds. The van der Waals surface area contributed by atoms with Crippen molar-refractivity contribution in [2.75, 3.05) is 0 Å². The van der Waals surface area contributed by atoms with E-state index in [0.717, 1.165) is 13.8 Å². The van der Waals surface area contributed by atoms with Crippen molar-refractivity contribution in [1.29, 1.82) is 0 Å². The fraction of sp³-hybridized carbons (Fsp3) is 1.00. The molecule has 16 heavy (non-hydrogen) atoms. The molecule has 0 saturated carbocycles. The molecule has 4 heteroatoms. The first-order chi connectivity index (χ1) is 6.83. The molecule has 100 valence electrons. The Morgan fingerprint density at radius 2 is 0.875 bits per heavy atom. The molecular weight excluding hydrogens is 220 g/mol. The van der Waals surface area contributed by atoms with E-state index in [1.807, 2.05) is 0 Å². The molecule has 0 saturated heterocycles. The Hall–Kier alpha value is -0.280. The number of halogens is 4. The zero-order valence-electron chi connectivity index (χ0n) is 11.1. The van der Waals surface area contributed by atoms with Crippen LogP contribution in [-0.4, -0.2) is 11.8 Å². The predicted octanol–water partition coefficient (Wildman–Crippen LogP) is 5.38. The van der Waals surface area contributed by atoms with Crippen molar-refractivity contribution in [2.45, 2.75) is 66.2 Å². The van der Waals surface area contributed by atoms with Gasteiger partial charge in [-0.05, 0) is 25.7 Å². The zero-order valence-corrected chi connectivity index (χ0v) is 11.1. The lowest BCUT2D eigenvalue weighted by Crippen LogP contribution is -2.12. The molecule has 0 aliphatic rings. The molecule has 0 unspecified atom stereocenters. The van der Waals surface area contributed by atoms with Crippen molar-refractivity contribution in [2.24, 2.45) is 11.8 Å². The quantitative estimate of drug-likeness (QED) is 0.583. The lowest BCUT2D eigenvalue weighted by atomic mass is 10.1. The van der Waals surface area contributed by atoms with Gasteiger partial charge in [-0.15, -0.1) is 0 Å². The monoisotopic (exact) mass is 244 g/mol. The van der Waals surface area contributed by atoms with Gasteiger partial charge in [-0.25, -0.2) is 17.6 Å². The van der Waals surface area contributed by atoms with Gasteiger partial charge in [-0.3, -0.25) is 0 Å². The van der Waals surface area contributed by atoms with E-state index in [2.05, 4.69) is 0 Å². The summed E-state index contributed by atoms with van der Waals surface area (Å²) in [6.07, 6.45) is -0.0139. The van der Waals surface area contributed by atoms with E-state index in [1.54, 1.807) is 27.7 Å². The molecule has 0 bridgehead atoms. The van der Waals surface area contributed by atoms with Crippen LogP contribution in [0.5, 0.6) is 0 Å². The maximum atomic E-state index is 12.0. The van der Waals surface area contributed by atoms with Crippen LogP contribution >= 0.6 is 0 Å². The van der Waals surface area contributed by atoms with E-state index in [4.69, 9.17) is 0 Å². The Labute approximate surface area is 96.4 Å². The van der Waals surface area contributed by atoms with Crippen molar-refractivity contribution in [3.63, 3.8) is 0 Å². The minimum absolute atomic E-state index is 0.00694. The van der Waals surface area contributed by atoms with Gasteiger partial charge in [0.05, 0.1) is 0 Å². The molecule has 0 N–H and O–H groups in total. The van der Waals surface area contributed by atoms with Gasteiger partial charge in [-0.1, -0.05) is 27.7 Å². The summed E-state index contributed by atoms with van der Waals surface area (Å²) in [4.78, 5) is 0. The van der Waals surface area contributed by atoms with E-state index < -0.39 is 11.8 Å². The number of hydrogen-bond donors (Lipinski definition) is 0. The van der Waals surface area contributed by atoms with Crippen molar-refractivity contribution < 1.29 is 17.6 Å². The van der Waals surface area contributed by atoms with Gasteiger partial charge in [-0.2, -0.15) is 0 Å². The Balaban J connectivity index is 0. The fourth-order valence-electron chi connectivity index (χ4n) is 1.43. The average molecular weight is 244 g/mol. The molecule has 0 heterocycles. The topological polar surface area (TPSA) is 0 Å². The molecule has 0 radical (unpaired) electrons. The Bertz CT molecular complexity index is 143. The van der Waals surface area contributed by atoms with Crippen molar-refractivity contribution in [3.8, 4) is 0 Å². The van der Waals surface area contributed by atoms with E-state index >= 15 is 0 Å². The molecule has 0 aliphatic heterocycles. The van der Waals surface area contributed by atoms with Crippen LogP contribution in [0.25, 0.3) is 0 Å². The van der Waals surface area contributed by atoms with Gasteiger partial charge >= 0.3 is 0 Å². The highest BCUT2D eigenvalue weighted by Gasteiger charge is 2.22. The average Bonchev–Trinajstić information content (AvgIpc) is 1.72. The summed E-state index contributed by atoms with van der Waals surface area (Å²) >= 11 is 0. The summed E-state index contributed by atoms with van der Waals surface area (Å²) in [5.41, 5.74) is 0. The first kappa shape index (κ1) is 18.1. The summed E-state index contributed by atoms with van der Waals surface area (Å²) in [6, 6.07) is 0. The van der Waals surface area contributed by atoms with Crippen LogP contribution in [0.3, 0.4) is 0 Å². The molecule has 0 aliphatic carbocycles. The number of rotatable bonds is 4. The minimum atomic E-state index is -2.48. The van der Waals surface area contributed by atoms with Crippen molar-refractivity contribution in [3.05, 3.63) is 0 Å². The van der Waals surface area contributed by atoms with Gasteiger partial charge in [0.2, 0.25) is 11.8 Å². The fourth-order valence-corrected chi connectivity index (χ4v) is 1.43. The molecule has 0 aromatic carbocycles. The predicted molar refractivity (Wildman–Crippen MR) is 60.2 cm³/mol. The summed E-state index contributed by atoms with van der Waals surface area (Å²) in [5.74, 6) is -4.77. The van der Waals surface area contributed by atoms with Gasteiger partial charge in [0.15, 0.2) is 0 Å². The van der Waals surface area contributed by atoms with Crippen LogP contribution in [0.4, 0.5) is 17.6 Å². The SMILES string of the molecule is CC(C)CC(C)(F)F.CC(C)CC(C)(F)F. The summed E-state index contributed by atoms with van der Waals surface area (Å²) in [7, 11) is 0. The van der Waals surface area contributed by atoms with Gasteiger partial charge in [0, 0.05) is 12.8 Å². The largest absolute Gasteiger partial charge is 0.245 e. The van der Waals surface area contributed by atoms with Gasteiger partial charge < -0.3 is 0 Å². The molecule has 0 fully saturated rings. The normalized spacial score (nSPS) is 12.8. The van der Waals surface area contributed by atoms with Crippen LogP contribution in [0.15, 0.2) is 0 Å². The van der Waals surface area contributed by atoms with Gasteiger partial charge in [0.1, 0.15) is 0 Å². The van der Waals surface area contributed by atoms with E-state index in [1.165, 1.54) is 0 Å². The maximum Gasteiger partial charge on any atom is 0.245 e. The minimum Gasteiger partial charge on any atom is -0.207 e. The first-order valence-electron chi connectivity index (χ1n) is 5.59. The van der Waals surface area contributed by atoms with E-state index in [-0.39, 0.29) is 24.7 Å².